The van der Waals surface area contributed by atoms with Crippen molar-refractivity contribution >= 4 is 0 Å². The van der Waals surface area contributed by atoms with E-state index in [1.165, 1.54) is 11.1 Å². The Morgan fingerprint density at radius 3 is 2.35 bits per heavy atom. The van der Waals surface area contributed by atoms with Crippen molar-refractivity contribution in [2.45, 2.75) is 44.2 Å². The highest BCUT2D eigenvalue weighted by molar-refractivity contribution is 5.24. The van der Waals surface area contributed by atoms with E-state index in [9.17, 15) is 0 Å². The van der Waals surface area contributed by atoms with Crippen LogP contribution in [0.3, 0.4) is 0 Å². The van der Waals surface area contributed by atoms with Gasteiger partial charge in [0.2, 0.25) is 0 Å². The number of nitrogens with two attached hydrogens (primary N) is 1. The fourth-order valence-corrected chi connectivity index (χ4v) is 2.96. The predicted octanol–water partition coefficient (Wildman–Crippen LogP) is 1.82. The number of hydrazine groups is 1. The van der Waals surface area contributed by atoms with Gasteiger partial charge < -0.3 is 9.47 Å². The number of rotatable bonds is 6. The van der Waals surface area contributed by atoms with Crippen LogP contribution in [0.4, 0.5) is 0 Å². The average Bonchev–Trinajstić information content (AvgIpc) is 2.53. The van der Waals surface area contributed by atoms with Crippen molar-refractivity contribution in [2.75, 3.05) is 20.3 Å². The van der Waals surface area contributed by atoms with E-state index >= 15 is 0 Å². The maximum absolute atomic E-state index is 5.83. The van der Waals surface area contributed by atoms with Crippen LogP contribution in [0.25, 0.3) is 0 Å². The Balaban J connectivity index is 2.09. The summed E-state index contributed by atoms with van der Waals surface area (Å²) in [5, 5.41) is 0. The highest BCUT2D eigenvalue weighted by atomic mass is 16.5. The van der Waals surface area contributed by atoms with Crippen molar-refractivity contribution < 1.29 is 9.47 Å². The van der Waals surface area contributed by atoms with Gasteiger partial charge in [0.15, 0.2) is 0 Å². The van der Waals surface area contributed by atoms with Crippen molar-refractivity contribution in [3.8, 4) is 0 Å². The van der Waals surface area contributed by atoms with E-state index < -0.39 is 0 Å². The summed E-state index contributed by atoms with van der Waals surface area (Å²) < 4.78 is 11.3. The fraction of sp³-hybridized carbons (Fsp3) is 0.625. The van der Waals surface area contributed by atoms with Gasteiger partial charge >= 0.3 is 0 Å². The average molecular weight is 278 g/mol. The summed E-state index contributed by atoms with van der Waals surface area (Å²) in [5.41, 5.74) is 5.38. The second kappa shape index (κ2) is 7.18. The van der Waals surface area contributed by atoms with Crippen molar-refractivity contribution in [2.24, 2.45) is 5.84 Å². The molecule has 2 rings (SSSR count). The standard InChI is InChI=1S/C16H26N2O2/c1-3-13-4-6-14(7-5-13)12-15(18-17)16(19-2)8-10-20-11-9-16/h4-7,15,18H,3,8-12,17H2,1-2H3. The lowest BCUT2D eigenvalue weighted by Gasteiger charge is -2.42. The van der Waals surface area contributed by atoms with Crippen molar-refractivity contribution in [3.05, 3.63) is 35.4 Å². The molecule has 1 aromatic carbocycles. The zero-order chi connectivity index (χ0) is 14.4. The molecule has 20 heavy (non-hydrogen) atoms. The number of aryl methyl sites for hydroxylation is 1. The third-order valence-corrected chi connectivity index (χ3v) is 4.45. The van der Waals surface area contributed by atoms with Gasteiger partial charge in [0.1, 0.15) is 0 Å². The molecular weight excluding hydrogens is 252 g/mol. The molecule has 4 heteroatoms. The molecule has 1 fully saturated rings. The largest absolute Gasteiger partial charge is 0.381 e. The van der Waals surface area contributed by atoms with E-state index in [4.69, 9.17) is 15.3 Å². The van der Waals surface area contributed by atoms with Gasteiger partial charge in [-0.15, -0.1) is 0 Å². The van der Waals surface area contributed by atoms with Gasteiger partial charge in [-0.25, -0.2) is 0 Å². The van der Waals surface area contributed by atoms with Crippen molar-refractivity contribution in [3.63, 3.8) is 0 Å². The highest BCUT2D eigenvalue weighted by Gasteiger charge is 2.40. The van der Waals surface area contributed by atoms with E-state index in [2.05, 4.69) is 36.6 Å². The first-order chi connectivity index (χ1) is 9.74. The lowest BCUT2D eigenvalue weighted by molar-refractivity contribution is -0.110. The van der Waals surface area contributed by atoms with E-state index in [0.29, 0.717) is 0 Å². The van der Waals surface area contributed by atoms with Crippen LogP contribution < -0.4 is 11.3 Å². The minimum Gasteiger partial charge on any atom is -0.381 e. The number of ether oxygens (including phenoxy) is 2. The Morgan fingerprint density at radius 2 is 1.85 bits per heavy atom. The Hall–Kier alpha value is -0.940. The molecule has 112 valence electrons. The van der Waals surface area contributed by atoms with Crippen LogP contribution in [0.15, 0.2) is 24.3 Å². The van der Waals surface area contributed by atoms with Gasteiger partial charge in [0.25, 0.3) is 0 Å². The summed E-state index contributed by atoms with van der Waals surface area (Å²) in [5.74, 6) is 5.80. The molecule has 1 saturated heterocycles. The number of methoxy groups -OCH3 is 1. The Bertz CT molecular complexity index is 399. The second-order valence-corrected chi connectivity index (χ2v) is 5.47. The molecule has 1 aromatic rings. The Kier molecular flexibility index (Phi) is 5.54. The summed E-state index contributed by atoms with van der Waals surface area (Å²) in [6.45, 7) is 3.64. The molecule has 0 bridgehead atoms. The van der Waals surface area contributed by atoms with Crippen LogP contribution in [-0.4, -0.2) is 32.0 Å². The minimum atomic E-state index is -0.226. The number of hydrogen-bond acceptors (Lipinski definition) is 4. The summed E-state index contributed by atoms with van der Waals surface area (Å²) in [6, 6.07) is 8.85. The molecule has 0 amide bonds. The monoisotopic (exact) mass is 278 g/mol. The van der Waals surface area contributed by atoms with Crippen LogP contribution in [0.2, 0.25) is 0 Å². The first-order valence-electron chi connectivity index (χ1n) is 7.41. The van der Waals surface area contributed by atoms with Gasteiger partial charge in [-0.3, -0.25) is 11.3 Å². The number of benzene rings is 1. The summed E-state index contributed by atoms with van der Waals surface area (Å²) >= 11 is 0. The molecule has 4 nitrogen and oxygen atoms in total. The summed E-state index contributed by atoms with van der Waals surface area (Å²) in [6.07, 6.45) is 3.70. The molecule has 0 saturated carbocycles. The maximum atomic E-state index is 5.83. The van der Waals surface area contributed by atoms with Crippen molar-refractivity contribution in [1.82, 2.24) is 5.43 Å². The van der Waals surface area contributed by atoms with E-state index in [1.54, 1.807) is 7.11 Å². The van der Waals surface area contributed by atoms with Gasteiger partial charge in [-0.2, -0.15) is 0 Å². The maximum Gasteiger partial charge on any atom is 0.0891 e. The quantitative estimate of drug-likeness (QED) is 0.615. The molecule has 1 unspecified atom stereocenters. The zero-order valence-electron chi connectivity index (χ0n) is 12.5. The van der Waals surface area contributed by atoms with Crippen LogP contribution in [0.1, 0.15) is 30.9 Å². The minimum absolute atomic E-state index is 0.101. The third kappa shape index (κ3) is 3.38. The lowest BCUT2D eigenvalue weighted by atomic mass is 9.83. The molecule has 1 heterocycles. The molecule has 0 spiro atoms. The Labute approximate surface area is 121 Å². The first-order valence-corrected chi connectivity index (χ1v) is 7.41. The lowest BCUT2D eigenvalue weighted by Crippen LogP contribution is -2.58. The van der Waals surface area contributed by atoms with E-state index in [1.807, 2.05) is 0 Å². The summed E-state index contributed by atoms with van der Waals surface area (Å²) in [4.78, 5) is 0. The Morgan fingerprint density at radius 1 is 1.25 bits per heavy atom. The highest BCUT2D eigenvalue weighted by Crippen LogP contribution is 2.29. The molecule has 0 radical (unpaired) electrons. The third-order valence-electron chi connectivity index (χ3n) is 4.45. The molecule has 0 aliphatic carbocycles. The van der Waals surface area contributed by atoms with E-state index in [-0.39, 0.29) is 11.6 Å². The molecule has 1 aliphatic heterocycles. The predicted molar refractivity (Wildman–Crippen MR) is 80.4 cm³/mol. The van der Waals surface area contributed by atoms with Gasteiger partial charge in [-0.1, -0.05) is 31.2 Å². The summed E-state index contributed by atoms with van der Waals surface area (Å²) in [7, 11) is 1.77. The van der Waals surface area contributed by atoms with Gasteiger partial charge in [0, 0.05) is 33.2 Å². The SMILES string of the molecule is CCc1ccc(CC(NN)C2(OC)CCOCC2)cc1. The topological polar surface area (TPSA) is 56.5 Å². The van der Waals surface area contributed by atoms with Crippen LogP contribution in [-0.2, 0) is 22.3 Å². The molecule has 3 N–H and O–H groups in total. The van der Waals surface area contributed by atoms with Gasteiger partial charge in [0.05, 0.1) is 11.6 Å². The molecule has 0 aromatic heterocycles. The van der Waals surface area contributed by atoms with Crippen molar-refractivity contribution in [1.29, 1.82) is 0 Å². The van der Waals surface area contributed by atoms with E-state index in [0.717, 1.165) is 38.9 Å². The normalized spacial score (nSPS) is 19.8. The van der Waals surface area contributed by atoms with Crippen LogP contribution >= 0.6 is 0 Å². The number of nitrogens with one attached hydrogen (secondary N) is 1. The second-order valence-electron chi connectivity index (χ2n) is 5.47. The zero-order valence-corrected chi connectivity index (χ0v) is 12.5. The molecule has 1 atom stereocenters. The number of hydrogen-bond donors (Lipinski definition) is 2. The van der Waals surface area contributed by atoms with Crippen LogP contribution in [0, 0.1) is 0 Å². The first kappa shape index (κ1) is 15.4. The van der Waals surface area contributed by atoms with Crippen LogP contribution in [0.5, 0.6) is 0 Å². The smallest absolute Gasteiger partial charge is 0.0891 e. The molecular formula is C16H26N2O2. The molecule has 1 aliphatic rings. The fourth-order valence-electron chi connectivity index (χ4n) is 2.96. The van der Waals surface area contributed by atoms with Gasteiger partial charge in [-0.05, 0) is 24.0 Å².